The Labute approximate surface area is 233 Å². The fourth-order valence-electron chi connectivity index (χ4n) is 4.69. The molecule has 1 spiro atoms. The topological polar surface area (TPSA) is 103 Å². The van der Waals surface area contributed by atoms with Gasteiger partial charge in [-0.2, -0.15) is 26.3 Å². The minimum absolute atomic E-state index is 0.570. The summed E-state index contributed by atoms with van der Waals surface area (Å²) in [6.07, 6.45) is -4.82. The number of aliphatic carboxylic acids is 2. The Hall–Kier alpha value is -3.26. The van der Waals surface area contributed by atoms with Crippen LogP contribution in [0.4, 0.5) is 26.3 Å². The highest BCUT2D eigenvalue weighted by atomic mass is 19.4. The first-order valence-corrected chi connectivity index (χ1v) is 12.8. The zero-order valence-corrected chi connectivity index (χ0v) is 22.7. The molecule has 2 aliphatic rings. The summed E-state index contributed by atoms with van der Waals surface area (Å²) in [7, 11) is 1.74. The number of hydrogen-bond donors (Lipinski definition) is 2. The van der Waals surface area contributed by atoms with Crippen molar-refractivity contribution in [3.05, 3.63) is 53.5 Å². The van der Waals surface area contributed by atoms with Gasteiger partial charge < -0.3 is 19.4 Å². The monoisotopic (exact) mass is 596 g/mol. The lowest BCUT2D eigenvalue weighted by molar-refractivity contribution is -0.193. The number of hydrogen-bond acceptors (Lipinski definition) is 6. The van der Waals surface area contributed by atoms with Crippen molar-refractivity contribution in [1.29, 1.82) is 0 Å². The van der Waals surface area contributed by atoms with E-state index >= 15 is 0 Å². The van der Waals surface area contributed by atoms with Gasteiger partial charge in [0.15, 0.2) is 0 Å². The van der Waals surface area contributed by atoms with Gasteiger partial charge in [-0.25, -0.2) is 9.59 Å². The number of carboxylic acid groups (broad SMARTS) is 2. The zero-order chi connectivity index (χ0) is 30.8. The first-order chi connectivity index (χ1) is 19.0. The largest absolute Gasteiger partial charge is 0.497 e. The van der Waals surface area contributed by atoms with Crippen LogP contribution in [0.1, 0.15) is 42.8 Å². The number of carbonyl (C=O) groups is 2. The van der Waals surface area contributed by atoms with Gasteiger partial charge in [-0.15, -0.1) is 0 Å². The van der Waals surface area contributed by atoms with Crippen LogP contribution in [0.2, 0.25) is 0 Å². The summed E-state index contributed by atoms with van der Waals surface area (Å²) in [5.74, 6) is -2.43. The molecular formula is C27H34F6N2O6. The predicted octanol–water partition coefficient (Wildman–Crippen LogP) is 5.74. The maximum Gasteiger partial charge on any atom is 0.490 e. The van der Waals surface area contributed by atoms with Crippen LogP contribution in [0.5, 0.6) is 5.75 Å². The van der Waals surface area contributed by atoms with Crippen molar-refractivity contribution >= 4 is 11.9 Å². The van der Waals surface area contributed by atoms with E-state index in [2.05, 4.69) is 40.1 Å². The molecule has 0 bridgehead atoms. The standard InChI is InChI=1S/C23H32N2O2.2C2HF3O2/c1-19-6-7-22(27-19)18-25-14-10-23(11-15-25)8-12-24(13-9-23)17-20-4-3-5-21(16-20)26-2;2*3-2(4,5)1(6)7/h3-7,16H,8-15,17-18H2,1-2H3;2*(H,6,7). The Balaban J connectivity index is 0.000000349. The SMILES string of the molecule is COc1cccc(CN2CCC3(CC2)CCN(Cc2ccc(C)o2)CC3)c1.O=C(O)C(F)(F)F.O=C(O)C(F)(F)F. The van der Waals surface area contributed by atoms with E-state index in [4.69, 9.17) is 29.0 Å². The van der Waals surface area contributed by atoms with Gasteiger partial charge in [-0.05, 0) is 94.0 Å². The van der Waals surface area contributed by atoms with Gasteiger partial charge in [0.05, 0.1) is 13.7 Å². The summed E-state index contributed by atoms with van der Waals surface area (Å²) < 4.78 is 74.6. The predicted molar refractivity (Wildman–Crippen MR) is 135 cm³/mol. The number of benzene rings is 1. The van der Waals surface area contributed by atoms with E-state index in [9.17, 15) is 26.3 Å². The Morgan fingerprint density at radius 1 is 0.854 bits per heavy atom. The molecule has 0 amide bonds. The average Bonchev–Trinajstić information content (AvgIpc) is 3.31. The molecule has 3 heterocycles. The first kappa shape index (κ1) is 33.9. The van der Waals surface area contributed by atoms with Crippen molar-refractivity contribution in [3.63, 3.8) is 0 Å². The molecule has 0 radical (unpaired) electrons. The maximum absolute atomic E-state index is 10.6. The van der Waals surface area contributed by atoms with Gasteiger partial charge in [0, 0.05) is 6.54 Å². The van der Waals surface area contributed by atoms with Crippen molar-refractivity contribution in [2.45, 2.75) is 58.0 Å². The normalized spacial score (nSPS) is 17.6. The molecule has 230 valence electrons. The van der Waals surface area contributed by atoms with E-state index in [0.717, 1.165) is 30.4 Å². The first-order valence-electron chi connectivity index (χ1n) is 12.8. The second-order valence-corrected chi connectivity index (χ2v) is 10.0. The second kappa shape index (κ2) is 14.6. The van der Waals surface area contributed by atoms with Crippen LogP contribution in [0.15, 0.2) is 40.8 Å². The third kappa shape index (κ3) is 11.6. The summed E-state index contributed by atoms with van der Waals surface area (Å²) in [5.41, 5.74) is 1.93. The molecule has 0 saturated carbocycles. The molecule has 2 saturated heterocycles. The van der Waals surface area contributed by atoms with Crippen molar-refractivity contribution in [1.82, 2.24) is 9.80 Å². The van der Waals surface area contributed by atoms with E-state index in [1.165, 1.54) is 57.4 Å². The molecule has 1 aromatic heterocycles. The lowest BCUT2D eigenvalue weighted by atomic mass is 9.71. The average molecular weight is 597 g/mol. The van der Waals surface area contributed by atoms with Crippen LogP contribution in [0.25, 0.3) is 0 Å². The molecule has 0 unspecified atom stereocenters. The highest BCUT2D eigenvalue weighted by Gasteiger charge is 2.39. The van der Waals surface area contributed by atoms with E-state index in [0.29, 0.717) is 5.41 Å². The van der Waals surface area contributed by atoms with E-state index in [1.807, 2.05) is 13.0 Å². The third-order valence-electron chi connectivity index (χ3n) is 7.03. The van der Waals surface area contributed by atoms with Gasteiger partial charge in [0.1, 0.15) is 17.3 Å². The summed E-state index contributed by atoms with van der Waals surface area (Å²) >= 11 is 0. The fraction of sp³-hybridized carbons (Fsp3) is 0.556. The molecule has 0 aliphatic carbocycles. The van der Waals surface area contributed by atoms with Crippen LogP contribution in [0, 0.1) is 12.3 Å². The van der Waals surface area contributed by atoms with Gasteiger partial charge in [0.25, 0.3) is 0 Å². The van der Waals surface area contributed by atoms with Crippen LogP contribution >= 0.6 is 0 Å². The number of likely N-dealkylation sites (tertiary alicyclic amines) is 2. The number of carboxylic acids is 2. The van der Waals surface area contributed by atoms with E-state index < -0.39 is 24.3 Å². The van der Waals surface area contributed by atoms with Crippen LogP contribution < -0.4 is 4.74 Å². The van der Waals surface area contributed by atoms with Gasteiger partial charge in [-0.1, -0.05) is 12.1 Å². The lowest BCUT2D eigenvalue weighted by Crippen LogP contribution is -2.46. The molecule has 2 aromatic rings. The third-order valence-corrected chi connectivity index (χ3v) is 7.03. The number of piperidine rings is 2. The van der Waals surface area contributed by atoms with Gasteiger partial charge >= 0.3 is 24.3 Å². The molecule has 2 aliphatic heterocycles. The number of rotatable bonds is 5. The van der Waals surface area contributed by atoms with Gasteiger partial charge in [0.2, 0.25) is 0 Å². The highest BCUT2D eigenvalue weighted by Crippen LogP contribution is 2.41. The number of aryl methyl sites for hydroxylation is 1. The lowest BCUT2D eigenvalue weighted by Gasteiger charge is -2.47. The second-order valence-electron chi connectivity index (χ2n) is 10.0. The smallest absolute Gasteiger partial charge is 0.490 e. The summed E-state index contributed by atoms with van der Waals surface area (Å²) in [4.78, 5) is 23.0. The van der Waals surface area contributed by atoms with Crippen molar-refractivity contribution < 1.29 is 55.3 Å². The Morgan fingerprint density at radius 3 is 1.71 bits per heavy atom. The van der Waals surface area contributed by atoms with Gasteiger partial charge in [-0.3, -0.25) is 9.80 Å². The van der Waals surface area contributed by atoms with Crippen LogP contribution in [-0.4, -0.2) is 77.6 Å². The number of halogens is 6. The van der Waals surface area contributed by atoms with Crippen molar-refractivity contribution in [2.24, 2.45) is 5.41 Å². The van der Waals surface area contributed by atoms with Crippen LogP contribution in [-0.2, 0) is 22.7 Å². The molecule has 1 aromatic carbocycles. The Bertz CT molecular complexity index is 1090. The zero-order valence-electron chi connectivity index (χ0n) is 22.7. The Kier molecular flexibility index (Phi) is 12.1. The molecule has 14 heteroatoms. The minimum Gasteiger partial charge on any atom is -0.497 e. The molecule has 2 N–H and O–H groups in total. The quantitative estimate of drug-likeness (QED) is 0.422. The number of ether oxygens (including phenoxy) is 1. The van der Waals surface area contributed by atoms with E-state index in [-0.39, 0.29) is 0 Å². The Morgan fingerprint density at radius 2 is 1.32 bits per heavy atom. The van der Waals surface area contributed by atoms with Crippen molar-refractivity contribution in [2.75, 3.05) is 33.3 Å². The van der Waals surface area contributed by atoms with Crippen molar-refractivity contribution in [3.8, 4) is 5.75 Å². The minimum atomic E-state index is -5.08. The highest BCUT2D eigenvalue weighted by molar-refractivity contribution is 5.73. The maximum atomic E-state index is 10.6. The number of methoxy groups -OCH3 is 1. The van der Waals surface area contributed by atoms with E-state index in [1.54, 1.807) is 7.11 Å². The summed E-state index contributed by atoms with van der Waals surface area (Å²) in [5, 5.41) is 14.2. The number of furan rings is 1. The van der Waals surface area contributed by atoms with Crippen LogP contribution in [0.3, 0.4) is 0 Å². The molecule has 0 atom stereocenters. The summed E-state index contributed by atoms with van der Waals surface area (Å²) in [6.45, 7) is 8.87. The fourth-order valence-corrected chi connectivity index (χ4v) is 4.69. The molecule has 8 nitrogen and oxygen atoms in total. The number of alkyl halides is 6. The molecular weight excluding hydrogens is 562 g/mol. The summed E-state index contributed by atoms with van der Waals surface area (Å²) in [6, 6.07) is 12.7. The molecule has 4 rings (SSSR count). The molecule has 2 fully saturated rings. The molecule has 41 heavy (non-hydrogen) atoms. The number of nitrogens with zero attached hydrogens (tertiary/aromatic N) is 2.